The Morgan fingerprint density at radius 3 is 2.42 bits per heavy atom. The van der Waals surface area contributed by atoms with Crippen LogP contribution in [0.5, 0.6) is 0 Å². The summed E-state index contributed by atoms with van der Waals surface area (Å²) in [4.78, 5) is 24.9. The van der Waals surface area contributed by atoms with Crippen LogP contribution < -0.4 is 5.32 Å². The summed E-state index contributed by atoms with van der Waals surface area (Å²) in [5.74, 6) is -1.54. The number of ether oxygens (including phenoxy) is 1. The summed E-state index contributed by atoms with van der Waals surface area (Å²) < 4.78 is 5.22. The van der Waals surface area contributed by atoms with E-state index in [0.717, 1.165) is 12.8 Å². The third kappa shape index (κ3) is 3.83. The van der Waals surface area contributed by atoms with Gasteiger partial charge in [0.1, 0.15) is 5.92 Å². The zero-order valence-electron chi connectivity index (χ0n) is 11.9. The zero-order valence-corrected chi connectivity index (χ0v) is 11.9. The number of rotatable bonds is 6. The average Bonchev–Trinajstić information content (AvgIpc) is 2.86. The second-order valence-electron chi connectivity index (χ2n) is 4.80. The molecule has 0 bridgehead atoms. The average molecular weight is 272 g/mol. The van der Waals surface area contributed by atoms with Gasteiger partial charge in [0.05, 0.1) is 19.3 Å². The Bertz CT molecular complexity index is 318. The summed E-state index contributed by atoms with van der Waals surface area (Å²) in [5, 5.41) is 12.1. The largest absolute Gasteiger partial charge is 0.481 e. The summed E-state index contributed by atoms with van der Waals surface area (Å²) in [6, 6.07) is -0.443. The van der Waals surface area contributed by atoms with Gasteiger partial charge in [0.2, 0.25) is 0 Å². The highest BCUT2D eigenvalue weighted by Gasteiger charge is 2.39. The normalized spacial score (nSPS) is 22.5. The molecular weight excluding hydrogens is 248 g/mol. The molecule has 6 nitrogen and oxygen atoms in total. The standard InChI is InChI=1S/C13H24N2O4/c1-4-9(5-2)14-13(18)15(6-3)11-8-19-7-10(11)12(16)17/h9-11H,4-8H2,1-3H3,(H,14,18)(H,16,17). The Balaban J connectivity index is 2.71. The summed E-state index contributed by atoms with van der Waals surface area (Å²) in [5.41, 5.74) is 0. The molecule has 0 spiro atoms. The predicted octanol–water partition coefficient (Wildman–Crippen LogP) is 1.31. The van der Waals surface area contributed by atoms with Crippen molar-refractivity contribution in [1.82, 2.24) is 10.2 Å². The SMILES string of the molecule is CCC(CC)NC(=O)N(CC)C1COCC1C(=O)O. The van der Waals surface area contributed by atoms with Crippen molar-refractivity contribution < 1.29 is 19.4 Å². The van der Waals surface area contributed by atoms with E-state index in [-0.39, 0.29) is 24.7 Å². The van der Waals surface area contributed by atoms with Crippen LogP contribution in [0.1, 0.15) is 33.6 Å². The van der Waals surface area contributed by atoms with Gasteiger partial charge < -0.3 is 20.1 Å². The number of hydrogen-bond donors (Lipinski definition) is 2. The number of urea groups is 1. The Labute approximate surface area is 114 Å². The van der Waals surface area contributed by atoms with Gasteiger partial charge in [-0.25, -0.2) is 4.79 Å². The predicted molar refractivity (Wildman–Crippen MR) is 71.0 cm³/mol. The third-order valence-corrected chi connectivity index (χ3v) is 3.68. The van der Waals surface area contributed by atoms with Crippen LogP contribution in [0.25, 0.3) is 0 Å². The molecule has 2 unspecified atom stereocenters. The molecule has 0 aromatic heterocycles. The van der Waals surface area contributed by atoms with Gasteiger partial charge in [-0.3, -0.25) is 4.79 Å². The smallest absolute Gasteiger partial charge is 0.317 e. The minimum Gasteiger partial charge on any atom is -0.481 e. The molecule has 6 heteroatoms. The molecule has 1 fully saturated rings. The van der Waals surface area contributed by atoms with Gasteiger partial charge in [0.25, 0.3) is 0 Å². The van der Waals surface area contributed by atoms with E-state index in [1.165, 1.54) is 0 Å². The Kier molecular flexibility index (Phi) is 6.08. The van der Waals surface area contributed by atoms with Crippen molar-refractivity contribution in [3.63, 3.8) is 0 Å². The second kappa shape index (κ2) is 7.33. The first-order chi connectivity index (χ1) is 9.04. The lowest BCUT2D eigenvalue weighted by atomic mass is 10.0. The number of hydrogen-bond acceptors (Lipinski definition) is 3. The first-order valence-corrected chi connectivity index (χ1v) is 6.92. The van der Waals surface area contributed by atoms with E-state index >= 15 is 0 Å². The van der Waals surface area contributed by atoms with Crippen molar-refractivity contribution in [3.8, 4) is 0 Å². The van der Waals surface area contributed by atoms with Gasteiger partial charge in [-0.05, 0) is 19.8 Å². The van der Waals surface area contributed by atoms with Crippen LogP contribution >= 0.6 is 0 Å². The van der Waals surface area contributed by atoms with Crippen LogP contribution in [0.15, 0.2) is 0 Å². The fourth-order valence-corrected chi connectivity index (χ4v) is 2.37. The minimum absolute atomic E-state index is 0.132. The quantitative estimate of drug-likeness (QED) is 0.764. The number of nitrogens with zero attached hydrogens (tertiary/aromatic N) is 1. The van der Waals surface area contributed by atoms with E-state index in [9.17, 15) is 9.59 Å². The highest BCUT2D eigenvalue weighted by atomic mass is 16.5. The van der Waals surface area contributed by atoms with Crippen LogP contribution in [-0.4, -0.2) is 53.8 Å². The highest BCUT2D eigenvalue weighted by Crippen LogP contribution is 2.20. The van der Waals surface area contributed by atoms with E-state index in [2.05, 4.69) is 5.32 Å². The van der Waals surface area contributed by atoms with Crippen LogP contribution in [0.2, 0.25) is 0 Å². The summed E-state index contributed by atoms with van der Waals surface area (Å²) >= 11 is 0. The number of nitrogens with one attached hydrogen (secondary N) is 1. The van der Waals surface area contributed by atoms with Gasteiger partial charge in [0.15, 0.2) is 0 Å². The lowest BCUT2D eigenvalue weighted by Gasteiger charge is -2.31. The summed E-state index contributed by atoms with van der Waals surface area (Å²) in [6.45, 7) is 6.83. The molecule has 2 atom stereocenters. The highest BCUT2D eigenvalue weighted by molar-refractivity contribution is 5.77. The molecule has 1 saturated heterocycles. The zero-order chi connectivity index (χ0) is 14.4. The minimum atomic E-state index is -0.906. The summed E-state index contributed by atoms with van der Waals surface area (Å²) in [6.07, 6.45) is 1.73. The number of aliphatic carboxylic acids is 1. The molecule has 1 rings (SSSR count). The van der Waals surface area contributed by atoms with Crippen molar-refractivity contribution in [2.75, 3.05) is 19.8 Å². The number of carbonyl (C=O) groups excluding carboxylic acids is 1. The monoisotopic (exact) mass is 272 g/mol. The maximum absolute atomic E-state index is 12.2. The van der Waals surface area contributed by atoms with Crippen molar-refractivity contribution in [1.29, 1.82) is 0 Å². The maximum atomic E-state index is 12.2. The molecule has 1 heterocycles. The van der Waals surface area contributed by atoms with Crippen molar-refractivity contribution >= 4 is 12.0 Å². The summed E-state index contributed by atoms with van der Waals surface area (Å²) in [7, 11) is 0. The molecule has 1 aliphatic heterocycles. The molecule has 0 aromatic carbocycles. The topological polar surface area (TPSA) is 78.9 Å². The van der Waals surface area contributed by atoms with Crippen LogP contribution in [0, 0.1) is 5.92 Å². The Hall–Kier alpha value is -1.30. The van der Waals surface area contributed by atoms with Crippen molar-refractivity contribution in [2.45, 2.75) is 45.7 Å². The fourth-order valence-electron chi connectivity index (χ4n) is 2.37. The van der Waals surface area contributed by atoms with Crippen molar-refractivity contribution in [2.24, 2.45) is 5.92 Å². The first kappa shape index (κ1) is 15.8. The molecule has 0 radical (unpaired) electrons. The van der Waals surface area contributed by atoms with Crippen molar-refractivity contribution in [3.05, 3.63) is 0 Å². The second-order valence-corrected chi connectivity index (χ2v) is 4.80. The van der Waals surface area contributed by atoms with E-state index in [4.69, 9.17) is 9.84 Å². The van der Waals surface area contributed by atoms with Gasteiger partial charge in [-0.1, -0.05) is 13.8 Å². The molecule has 0 saturated carbocycles. The number of amides is 2. The molecule has 110 valence electrons. The number of carbonyl (C=O) groups is 2. The maximum Gasteiger partial charge on any atom is 0.317 e. The number of likely N-dealkylation sites (N-methyl/N-ethyl adjacent to an activating group) is 1. The Morgan fingerprint density at radius 2 is 1.95 bits per heavy atom. The van der Waals surface area contributed by atoms with Crippen LogP contribution in [0.4, 0.5) is 4.79 Å². The van der Waals surface area contributed by atoms with E-state index in [1.807, 2.05) is 20.8 Å². The van der Waals surface area contributed by atoms with E-state index in [1.54, 1.807) is 4.90 Å². The third-order valence-electron chi connectivity index (χ3n) is 3.68. The van der Waals surface area contributed by atoms with Gasteiger partial charge in [0, 0.05) is 12.6 Å². The number of carboxylic acid groups (broad SMARTS) is 1. The molecular formula is C13H24N2O4. The lowest BCUT2D eigenvalue weighted by molar-refractivity contribution is -0.142. The van der Waals surface area contributed by atoms with E-state index < -0.39 is 11.9 Å². The molecule has 0 aromatic rings. The Morgan fingerprint density at radius 1 is 1.32 bits per heavy atom. The van der Waals surface area contributed by atoms with Gasteiger partial charge >= 0.3 is 12.0 Å². The fraction of sp³-hybridized carbons (Fsp3) is 0.846. The van der Waals surface area contributed by atoms with E-state index in [0.29, 0.717) is 13.2 Å². The lowest BCUT2D eigenvalue weighted by Crippen LogP contribution is -2.52. The van der Waals surface area contributed by atoms with Crippen LogP contribution in [0.3, 0.4) is 0 Å². The molecule has 1 aliphatic rings. The number of carboxylic acids is 1. The van der Waals surface area contributed by atoms with Crippen LogP contribution in [-0.2, 0) is 9.53 Å². The molecule has 2 amide bonds. The molecule has 0 aliphatic carbocycles. The molecule has 2 N–H and O–H groups in total. The van der Waals surface area contributed by atoms with Gasteiger partial charge in [-0.15, -0.1) is 0 Å². The van der Waals surface area contributed by atoms with Gasteiger partial charge in [-0.2, -0.15) is 0 Å². The first-order valence-electron chi connectivity index (χ1n) is 6.92. The molecule has 19 heavy (non-hydrogen) atoms.